The van der Waals surface area contributed by atoms with Gasteiger partial charge in [-0.25, -0.2) is 0 Å². The van der Waals surface area contributed by atoms with Gasteiger partial charge in [0.15, 0.2) is 0 Å². The molecule has 1 rings (SSSR count). The molecule has 0 amide bonds. The normalized spacial score (nSPS) is 10.2. The molecule has 1 aromatic carbocycles. The fourth-order valence-electron chi connectivity index (χ4n) is 1.60. The number of anilines is 1. The second kappa shape index (κ2) is 6.07. The Morgan fingerprint density at radius 2 is 1.64 bits per heavy atom. The average Bonchev–Trinajstić information content (AvgIpc) is 2.18. The van der Waals surface area contributed by atoms with Crippen LogP contribution in [0.5, 0.6) is 0 Å². The molecule has 0 heterocycles. The summed E-state index contributed by atoms with van der Waals surface area (Å²) in [4.78, 5) is 2.43. The van der Waals surface area contributed by atoms with E-state index < -0.39 is 0 Å². The standard InChI is InChI=1S/C12H18BrN/c1-3-9-14(10-4-2)12-8-6-5-7-11(12)13/h5-8H,3-4,9-10H2,1-2H3. The maximum Gasteiger partial charge on any atom is 0.0510 e. The van der Waals surface area contributed by atoms with E-state index in [0.29, 0.717) is 0 Å². The van der Waals surface area contributed by atoms with Crippen LogP contribution in [-0.4, -0.2) is 13.1 Å². The van der Waals surface area contributed by atoms with Crippen LogP contribution in [0.2, 0.25) is 0 Å². The van der Waals surface area contributed by atoms with Gasteiger partial charge in [-0.15, -0.1) is 0 Å². The third-order valence-corrected chi connectivity index (χ3v) is 2.85. The van der Waals surface area contributed by atoms with Gasteiger partial charge in [0, 0.05) is 17.6 Å². The van der Waals surface area contributed by atoms with E-state index in [1.807, 2.05) is 0 Å². The molecule has 0 fully saturated rings. The maximum atomic E-state index is 3.60. The van der Waals surface area contributed by atoms with Gasteiger partial charge < -0.3 is 4.90 Å². The van der Waals surface area contributed by atoms with Gasteiger partial charge >= 0.3 is 0 Å². The van der Waals surface area contributed by atoms with E-state index in [1.54, 1.807) is 0 Å². The van der Waals surface area contributed by atoms with Gasteiger partial charge in [0.2, 0.25) is 0 Å². The third kappa shape index (κ3) is 3.02. The fraction of sp³-hybridized carbons (Fsp3) is 0.500. The van der Waals surface area contributed by atoms with Crippen LogP contribution in [-0.2, 0) is 0 Å². The van der Waals surface area contributed by atoms with E-state index in [-0.39, 0.29) is 0 Å². The molecule has 1 aromatic rings. The van der Waals surface area contributed by atoms with E-state index in [9.17, 15) is 0 Å². The number of hydrogen-bond acceptors (Lipinski definition) is 1. The Morgan fingerprint density at radius 3 is 2.14 bits per heavy atom. The summed E-state index contributed by atoms with van der Waals surface area (Å²) in [6.45, 7) is 6.71. The zero-order valence-electron chi connectivity index (χ0n) is 8.96. The van der Waals surface area contributed by atoms with Crippen LogP contribution in [0.4, 0.5) is 5.69 Å². The van der Waals surface area contributed by atoms with Crippen molar-refractivity contribution in [3.8, 4) is 0 Å². The monoisotopic (exact) mass is 255 g/mol. The predicted molar refractivity (Wildman–Crippen MR) is 66.9 cm³/mol. The topological polar surface area (TPSA) is 3.24 Å². The van der Waals surface area contributed by atoms with Crippen molar-refractivity contribution >= 4 is 21.6 Å². The zero-order chi connectivity index (χ0) is 10.4. The molecular weight excluding hydrogens is 238 g/mol. The molecule has 0 aliphatic heterocycles. The highest BCUT2D eigenvalue weighted by Gasteiger charge is 2.06. The van der Waals surface area contributed by atoms with Crippen LogP contribution in [0.15, 0.2) is 28.7 Å². The molecule has 0 aliphatic rings. The first kappa shape index (κ1) is 11.6. The van der Waals surface area contributed by atoms with Crippen molar-refractivity contribution in [2.24, 2.45) is 0 Å². The molecule has 0 spiro atoms. The number of rotatable bonds is 5. The summed E-state index contributed by atoms with van der Waals surface area (Å²) >= 11 is 3.60. The van der Waals surface area contributed by atoms with E-state index in [2.05, 4.69) is 58.9 Å². The van der Waals surface area contributed by atoms with Crippen molar-refractivity contribution in [1.82, 2.24) is 0 Å². The number of nitrogens with zero attached hydrogens (tertiary/aromatic N) is 1. The second-order valence-electron chi connectivity index (χ2n) is 3.44. The summed E-state index contributed by atoms with van der Waals surface area (Å²) in [6.07, 6.45) is 2.39. The Labute approximate surface area is 95.2 Å². The molecule has 0 saturated heterocycles. The first-order chi connectivity index (χ1) is 6.79. The highest BCUT2D eigenvalue weighted by Crippen LogP contribution is 2.25. The largest absolute Gasteiger partial charge is 0.371 e. The van der Waals surface area contributed by atoms with Gasteiger partial charge in [0.05, 0.1) is 5.69 Å². The van der Waals surface area contributed by atoms with Crippen molar-refractivity contribution in [1.29, 1.82) is 0 Å². The summed E-state index contributed by atoms with van der Waals surface area (Å²) in [6, 6.07) is 8.44. The molecule has 0 bridgehead atoms. The summed E-state index contributed by atoms with van der Waals surface area (Å²) in [5, 5.41) is 0. The number of para-hydroxylation sites is 1. The summed E-state index contributed by atoms with van der Waals surface area (Å²) in [5.41, 5.74) is 1.32. The lowest BCUT2D eigenvalue weighted by atomic mass is 10.2. The minimum Gasteiger partial charge on any atom is -0.371 e. The first-order valence-electron chi connectivity index (χ1n) is 5.29. The van der Waals surface area contributed by atoms with Gasteiger partial charge in [-0.3, -0.25) is 0 Å². The minimum atomic E-state index is 1.14. The molecule has 0 atom stereocenters. The van der Waals surface area contributed by atoms with E-state index in [1.165, 1.54) is 23.0 Å². The highest BCUT2D eigenvalue weighted by molar-refractivity contribution is 9.10. The predicted octanol–water partition coefficient (Wildman–Crippen LogP) is 4.08. The van der Waals surface area contributed by atoms with Gasteiger partial charge in [-0.2, -0.15) is 0 Å². The van der Waals surface area contributed by atoms with Crippen LogP contribution in [0, 0.1) is 0 Å². The summed E-state index contributed by atoms with van der Waals surface area (Å²) < 4.78 is 1.20. The summed E-state index contributed by atoms with van der Waals surface area (Å²) in [7, 11) is 0. The van der Waals surface area contributed by atoms with E-state index >= 15 is 0 Å². The van der Waals surface area contributed by atoms with Crippen molar-refractivity contribution in [2.75, 3.05) is 18.0 Å². The lowest BCUT2D eigenvalue weighted by Gasteiger charge is -2.24. The maximum absolute atomic E-state index is 3.60. The molecule has 1 nitrogen and oxygen atoms in total. The highest BCUT2D eigenvalue weighted by atomic mass is 79.9. The third-order valence-electron chi connectivity index (χ3n) is 2.18. The Kier molecular flexibility index (Phi) is 5.02. The Hall–Kier alpha value is -0.500. The molecule has 0 unspecified atom stereocenters. The molecule has 14 heavy (non-hydrogen) atoms. The van der Waals surface area contributed by atoms with Crippen molar-refractivity contribution in [3.63, 3.8) is 0 Å². The van der Waals surface area contributed by atoms with Crippen molar-refractivity contribution in [3.05, 3.63) is 28.7 Å². The summed E-state index contributed by atoms with van der Waals surface area (Å²) in [5.74, 6) is 0. The Balaban J connectivity index is 2.81. The molecule has 0 N–H and O–H groups in total. The second-order valence-corrected chi connectivity index (χ2v) is 4.29. The SMILES string of the molecule is CCCN(CCC)c1ccccc1Br. The van der Waals surface area contributed by atoms with Gasteiger partial charge in [0.25, 0.3) is 0 Å². The Bertz CT molecular complexity index is 267. The Morgan fingerprint density at radius 1 is 1.07 bits per heavy atom. The minimum absolute atomic E-state index is 1.14. The molecule has 0 aromatic heterocycles. The number of hydrogen-bond donors (Lipinski definition) is 0. The fourth-order valence-corrected chi connectivity index (χ4v) is 2.14. The van der Waals surface area contributed by atoms with Crippen LogP contribution in [0.25, 0.3) is 0 Å². The lowest BCUT2D eigenvalue weighted by molar-refractivity contribution is 0.743. The first-order valence-corrected chi connectivity index (χ1v) is 6.08. The van der Waals surface area contributed by atoms with Crippen LogP contribution in [0.3, 0.4) is 0 Å². The van der Waals surface area contributed by atoms with Crippen molar-refractivity contribution < 1.29 is 0 Å². The van der Waals surface area contributed by atoms with Crippen LogP contribution in [0.1, 0.15) is 26.7 Å². The van der Waals surface area contributed by atoms with Gasteiger partial charge in [0.1, 0.15) is 0 Å². The quantitative estimate of drug-likeness (QED) is 0.767. The molecule has 78 valence electrons. The molecule has 0 radical (unpaired) electrons. The van der Waals surface area contributed by atoms with Crippen LogP contribution < -0.4 is 4.90 Å². The molecule has 0 aliphatic carbocycles. The average molecular weight is 256 g/mol. The van der Waals surface area contributed by atoms with Gasteiger partial charge in [-0.1, -0.05) is 26.0 Å². The van der Waals surface area contributed by atoms with E-state index in [0.717, 1.165) is 13.1 Å². The zero-order valence-corrected chi connectivity index (χ0v) is 10.5. The number of halogens is 1. The van der Waals surface area contributed by atoms with E-state index in [4.69, 9.17) is 0 Å². The number of benzene rings is 1. The molecule has 0 saturated carbocycles. The molecule has 2 heteroatoms. The van der Waals surface area contributed by atoms with Gasteiger partial charge in [-0.05, 0) is 40.9 Å². The van der Waals surface area contributed by atoms with Crippen molar-refractivity contribution in [2.45, 2.75) is 26.7 Å². The smallest absolute Gasteiger partial charge is 0.0510 e. The van der Waals surface area contributed by atoms with Crippen LogP contribution >= 0.6 is 15.9 Å². The molecular formula is C12H18BrN. The lowest BCUT2D eigenvalue weighted by Crippen LogP contribution is -2.25.